The fourth-order valence-electron chi connectivity index (χ4n) is 2.45. The fraction of sp³-hybridized carbons (Fsp3) is 0.267. The van der Waals surface area contributed by atoms with Crippen LogP contribution in [0.15, 0.2) is 36.5 Å². The highest BCUT2D eigenvalue weighted by Gasteiger charge is 2.08. The zero-order chi connectivity index (χ0) is 13.4. The average molecular weight is 254 g/mol. The molecule has 4 heteroatoms. The lowest BCUT2D eigenvalue weighted by Gasteiger charge is -2.13. The van der Waals surface area contributed by atoms with Crippen molar-refractivity contribution in [2.24, 2.45) is 0 Å². The third-order valence-corrected chi connectivity index (χ3v) is 3.50. The van der Waals surface area contributed by atoms with Crippen LogP contribution in [0.3, 0.4) is 0 Å². The predicted molar refractivity (Wildman–Crippen MR) is 76.9 cm³/mol. The third-order valence-electron chi connectivity index (χ3n) is 3.50. The van der Waals surface area contributed by atoms with Crippen LogP contribution < -0.4 is 5.43 Å². The van der Waals surface area contributed by atoms with Crippen molar-refractivity contribution in [1.82, 2.24) is 14.1 Å². The summed E-state index contributed by atoms with van der Waals surface area (Å²) in [5.41, 5.74) is 9.14. The zero-order valence-electron chi connectivity index (χ0n) is 11.5. The number of fused-ring (bicyclic) bond motifs is 1. The molecule has 0 aromatic carbocycles. The maximum absolute atomic E-state index is 4.57. The van der Waals surface area contributed by atoms with Crippen molar-refractivity contribution in [2.75, 3.05) is 5.43 Å². The van der Waals surface area contributed by atoms with Gasteiger partial charge in [0.1, 0.15) is 5.65 Å². The molecule has 0 aliphatic carbocycles. The van der Waals surface area contributed by atoms with Gasteiger partial charge in [0.05, 0.1) is 17.9 Å². The Balaban J connectivity index is 1.92. The van der Waals surface area contributed by atoms with Gasteiger partial charge in [0, 0.05) is 17.6 Å². The Hall–Kier alpha value is -2.23. The van der Waals surface area contributed by atoms with E-state index in [1.807, 2.05) is 18.2 Å². The van der Waals surface area contributed by atoms with E-state index in [0.29, 0.717) is 0 Å². The molecule has 0 aliphatic rings. The Morgan fingerprint density at radius 1 is 1.05 bits per heavy atom. The van der Waals surface area contributed by atoms with Crippen LogP contribution in [0.5, 0.6) is 0 Å². The molecule has 19 heavy (non-hydrogen) atoms. The number of imidazole rings is 1. The van der Waals surface area contributed by atoms with Crippen LogP contribution in [0.2, 0.25) is 0 Å². The molecule has 98 valence electrons. The summed E-state index contributed by atoms with van der Waals surface area (Å²) in [6.07, 6.45) is 2.06. The molecule has 0 radical (unpaired) electrons. The van der Waals surface area contributed by atoms with Gasteiger partial charge in [0.25, 0.3) is 0 Å². The van der Waals surface area contributed by atoms with Crippen molar-refractivity contribution in [2.45, 2.75) is 27.3 Å². The van der Waals surface area contributed by atoms with Crippen LogP contribution in [0.4, 0.5) is 0 Å². The Morgan fingerprint density at radius 2 is 1.79 bits per heavy atom. The van der Waals surface area contributed by atoms with Gasteiger partial charge >= 0.3 is 0 Å². The van der Waals surface area contributed by atoms with Crippen molar-refractivity contribution in [3.8, 4) is 0 Å². The first-order valence-corrected chi connectivity index (χ1v) is 6.48. The highest BCUT2D eigenvalue weighted by atomic mass is 15.4. The first-order valence-electron chi connectivity index (χ1n) is 6.48. The lowest BCUT2D eigenvalue weighted by Crippen LogP contribution is -2.18. The molecule has 0 saturated heterocycles. The summed E-state index contributed by atoms with van der Waals surface area (Å²) in [7, 11) is 0. The van der Waals surface area contributed by atoms with Crippen molar-refractivity contribution in [3.05, 3.63) is 59.3 Å². The van der Waals surface area contributed by atoms with Crippen LogP contribution >= 0.6 is 0 Å². The van der Waals surface area contributed by atoms with Gasteiger partial charge < -0.3 is 9.83 Å². The summed E-state index contributed by atoms with van der Waals surface area (Å²) in [6.45, 7) is 7.01. The molecule has 3 aromatic rings. The summed E-state index contributed by atoms with van der Waals surface area (Å²) >= 11 is 0. The SMILES string of the molecule is Cc1nc2ccccn2c1CNn1c(C)ccc1C. The molecule has 0 spiro atoms. The molecule has 3 rings (SSSR count). The van der Waals surface area contributed by atoms with Crippen LogP contribution in [-0.4, -0.2) is 14.1 Å². The first kappa shape index (κ1) is 11.8. The summed E-state index contributed by atoms with van der Waals surface area (Å²) in [6, 6.07) is 10.3. The average Bonchev–Trinajstić information content (AvgIpc) is 2.88. The summed E-state index contributed by atoms with van der Waals surface area (Å²) in [4.78, 5) is 4.57. The highest BCUT2D eigenvalue weighted by molar-refractivity contribution is 5.43. The number of pyridine rings is 1. The van der Waals surface area contributed by atoms with E-state index in [2.05, 4.69) is 58.6 Å². The van der Waals surface area contributed by atoms with E-state index in [0.717, 1.165) is 17.9 Å². The molecule has 0 aliphatic heterocycles. The van der Waals surface area contributed by atoms with E-state index in [1.165, 1.54) is 17.1 Å². The summed E-state index contributed by atoms with van der Waals surface area (Å²) in [5, 5.41) is 0. The monoisotopic (exact) mass is 254 g/mol. The molecule has 1 N–H and O–H groups in total. The van der Waals surface area contributed by atoms with Crippen molar-refractivity contribution < 1.29 is 0 Å². The third kappa shape index (κ3) is 1.99. The predicted octanol–water partition coefficient (Wildman–Crippen LogP) is 2.80. The lowest BCUT2D eigenvalue weighted by atomic mass is 10.3. The second-order valence-electron chi connectivity index (χ2n) is 4.86. The highest BCUT2D eigenvalue weighted by Crippen LogP contribution is 2.12. The molecule has 0 fully saturated rings. The van der Waals surface area contributed by atoms with Crippen LogP contribution in [0.25, 0.3) is 5.65 Å². The zero-order valence-corrected chi connectivity index (χ0v) is 11.5. The van der Waals surface area contributed by atoms with Gasteiger partial charge in [-0.3, -0.25) is 4.68 Å². The summed E-state index contributed by atoms with van der Waals surface area (Å²) < 4.78 is 4.25. The summed E-state index contributed by atoms with van der Waals surface area (Å²) in [5.74, 6) is 0. The number of nitrogens with one attached hydrogen (secondary N) is 1. The van der Waals surface area contributed by atoms with E-state index in [-0.39, 0.29) is 0 Å². The molecule has 3 aromatic heterocycles. The van der Waals surface area contributed by atoms with Gasteiger partial charge in [0.15, 0.2) is 0 Å². The molecule has 0 saturated carbocycles. The van der Waals surface area contributed by atoms with E-state index in [1.54, 1.807) is 0 Å². The minimum Gasteiger partial charge on any atom is -0.320 e. The minimum absolute atomic E-state index is 0.757. The van der Waals surface area contributed by atoms with Gasteiger partial charge in [-0.05, 0) is 45.0 Å². The van der Waals surface area contributed by atoms with Gasteiger partial charge in [0.2, 0.25) is 0 Å². The van der Waals surface area contributed by atoms with Crippen molar-refractivity contribution >= 4 is 5.65 Å². The second kappa shape index (κ2) is 4.46. The fourth-order valence-corrected chi connectivity index (χ4v) is 2.45. The number of nitrogens with zero attached hydrogens (tertiary/aromatic N) is 3. The normalized spacial score (nSPS) is 11.1. The Bertz CT molecular complexity index is 701. The maximum Gasteiger partial charge on any atom is 0.137 e. The van der Waals surface area contributed by atoms with E-state index in [9.17, 15) is 0 Å². The molecule has 0 amide bonds. The Morgan fingerprint density at radius 3 is 2.53 bits per heavy atom. The Kier molecular flexibility index (Phi) is 2.78. The number of aromatic nitrogens is 3. The van der Waals surface area contributed by atoms with Crippen molar-refractivity contribution in [1.29, 1.82) is 0 Å². The molecule has 0 bridgehead atoms. The number of hydrogen-bond donors (Lipinski definition) is 1. The molecular formula is C15H18N4. The maximum atomic E-state index is 4.57. The second-order valence-corrected chi connectivity index (χ2v) is 4.86. The van der Waals surface area contributed by atoms with Crippen LogP contribution in [0, 0.1) is 20.8 Å². The van der Waals surface area contributed by atoms with Crippen LogP contribution in [0.1, 0.15) is 22.8 Å². The van der Waals surface area contributed by atoms with Gasteiger partial charge in [-0.25, -0.2) is 4.98 Å². The lowest BCUT2D eigenvalue weighted by molar-refractivity contribution is 0.773. The van der Waals surface area contributed by atoms with Gasteiger partial charge in [-0.2, -0.15) is 0 Å². The van der Waals surface area contributed by atoms with E-state index in [4.69, 9.17) is 0 Å². The molecule has 0 unspecified atom stereocenters. The smallest absolute Gasteiger partial charge is 0.137 e. The van der Waals surface area contributed by atoms with E-state index < -0.39 is 0 Å². The quantitative estimate of drug-likeness (QED) is 0.780. The molecule has 3 heterocycles. The Labute approximate surface area is 112 Å². The van der Waals surface area contributed by atoms with E-state index >= 15 is 0 Å². The van der Waals surface area contributed by atoms with Crippen LogP contribution in [-0.2, 0) is 6.54 Å². The minimum atomic E-state index is 0.757. The van der Waals surface area contributed by atoms with Crippen molar-refractivity contribution in [3.63, 3.8) is 0 Å². The topological polar surface area (TPSA) is 34.3 Å². The standard InChI is InChI=1S/C15H18N4/c1-11-7-8-12(2)19(11)16-10-14-13(3)17-15-6-4-5-9-18(14)15/h4-9,16H,10H2,1-3H3. The number of aryl methyl sites for hydroxylation is 3. The largest absolute Gasteiger partial charge is 0.320 e. The molecule has 4 nitrogen and oxygen atoms in total. The van der Waals surface area contributed by atoms with Gasteiger partial charge in [-0.15, -0.1) is 0 Å². The molecular weight excluding hydrogens is 236 g/mol. The number of rotatable bonds is 3. The number of hydrogen-bond acceptors (Lipinski definition) is 2. The first-order chi connectivity index (χ1) is 9.16. The molecule has 0 atom stereocenters. The van der Waals surface area contributed by atoms with Gasteiger partial charge in [-0.1, -0.05) is 6.07 Å².